The van der Waals surface area contributed by atoms with Gasteiger partial charge in [-0.05, 0) is 42.8 Å². The van der Waals surface area contributed by atoms with Crippen molar-refractivity contribution in [2.75, 3.05) is 7.11 Å². The number of carbonyl (C=O) groups excluding carboxylic acids is 2. The van der Waals surface area contributed by atoms with Crippen LogP contribution in [0.25, 0.3) is 0 Å². The molecule has 0 amide bonds. The molecule has 0 aliphatic rings. The lowest BCUT2D eigenvalue weighted by atomic mass is 10.2. The molecule has 2 aromatic carbocycles. The van der Waals surface area contributed by atoms with Gasteiger partial charge in [0.2, 0.25) is 0 Å². The molecule has 0 saturated carbocycles. The minimum Gasteiger partial charge on any atom is -0.493 e. The highest BCUT2D eigenvalue weighted by Crippen LogP contribution is 2.26. The van der Waals surface area contributed by atoms with E-state index in [1.807, 2.05) is 6.92 Å². The van der Waals surface area contributed by atoms with Crippen LogP contribution in [0.4, 0.5) is 0 Å². The summed E-state index contributed by atoms with van der Waals surface area (Å²) in [5.74, 6) is 0.0918. The van der Waals surface area contributed by atoms with Crippen LogP contribution in [-0.2, 0) is 9.59 Å². The molecule has 0 aliphatic carbocycles. The van der Waals surface area contributed by atoms with Gasteiger partial charge in [-0.15, -0.1) is 0 Å². The van der Waals surface area contributed by atoms with Gasteiger partial charge in [-0.1, -0.05) is 23.7 Å². The van der Waals surface area contributed by atoms with Crippen molar-refractivity contribution in [2.24, 2.45) is 0 Å². The molecule has 24 heavy (non-hydrogen) atoms. The monoisotopic (exact) mass is 348 g/mol. The van der Waals surface area contributed by atoms with E-state index in [4.69, 9.17) is 25.8 Å². The van der Waals surface area contributed by atoms with Crippen molar-refractivity contribution in [1.29, 1.82) is 0 Å². The van der Waals surface area contributed by atoms with Crippen LogP contribution in [0.2, 0.25) is 5.02 Å². The highest BCUT2D eigenvalue weighted by Gasteiger charge is 2.13. The van der Waals surface area contributed by atoms with Gasteiger partial charge in [0.25, 0.3) is 0 Å². The maximum Gasteiger partial charge on any atom is 0.311 e. The van der Waals surface area contributed by atoms with E-state index in [0.717, 1.165) is 5.56 Å². The van der Waals surface area contributed by atoms with Gasteiger partial charge < -0.3 is 14.2 Å². The Bertz CT molecular complexity index is 742. The highest BCUT2D eigenvalue weighted by molar-refractivity contribution is 6.31. The number of hydrogen-bond acceptors (Lipinski definition) is 5. The molecule has 0 aliphatic heterocycles. The summed E-state index contributed by atoms with van der Waals surface area (Å²) in [6.45, 7) is 1.81. The zero-order chi connectivity index (χ0) is 17.5. The second-order valence-corrected chi connectivity index (χ2v) is 5.42. The summed E-state index contributed by atoms with van der Waals surface area (Å²) in [5.41, 5.74) is 0.803. The zero-order valence-electron chi connectivity index (χ0n) is 13.4. The largest absolute Gasteiger partial charge is 0.493 e. The Morgan fingerprint density at radius 1 is 0.958 bits per heavy atom. The molecule has 2 aromatic rings. The number of carbonyl (C=O) groups is 2. The molecule has 2 rings (SSSR count). The van der Waals surface area contributed by atoms with E-state index < -0.39 is 11.9 Å². The molecule has 6 heteroatoms. The van der Waals surface area contributed by atoms with E-state index in [1.165, 1.54) is 7.11 Å². The van der Waals surface area contributed by atoms with Gasteiger partial charge in [-0.25, -0.2) is 0 Å². The van der Waals surface area contributed by atoms with Crippen molar-refractivity contribution in [1.82, 2.24) is 0 Å². The fourth-order valence-electron chi connectivity index (χ4n) is 1.94. The molecule has 0 radical (unpaired) electrons. The Kier molecular flexibility index (Phi) is 6.21. The summed E-state index contributed by atoms with van der Waals surface area (Å²) >= 11 is 5.91. The maximum atomic E-state index is 11.8. The number of esters is 2. The number of para-hydroxylation sites is 2. The van der Waals surface area contributed by atoms with Crippen LogP contribution in [-0.4, -0.2) is 19.0 Å². The van der Waals surface area contributed by atoms with Crippen LogP contribution < -0.4 is 14.2 Å². The second-order valence-electron chi connectivity index (χ2n) is 5.01. The number of rotatable bonds is 6. The Labute approximate surface area is 145 Å². The lowest BCUT2D eigenvalue weighted by Gasteiger charge is -2.09. The first-order valence-corrected chi connectivity index (χ1v) is 7.68. The molecule has 126 valence electrons. The Morgan fingerprint density at radius 3 is 2.21 bits per heavy atom. The summed E-state index contributed by atoms with van der Waals surface area (Å²) in [4.78, 5) is 23.6. The predicted octanol–water partition coefficient (Wildman–Crippen LogP) is 3.95. The molecule has 0 aromatic heterocycles. The average molecular weight is 349 g/mol. The van der Waals surface area contributed by atoms with Crippen LogP contribution in [0.5, 0.6) is 17.2 Å². The molecule has 0 bridgehead atoms. The van der Waals surface area contributed by atoms with Gasteiger partial charge in [0.05, 0.1) is 20.0 Å². The summed E-state index contributed by atoms with van der Waals surface area (Å²) in [6, 6.07) is 11.7. The van der Waals surface area contributed by atoms with Gasteiger partial charge in [0.15, 0.2) is 11.5 Å². The van der Waals surface area contributed by atoms with Gasteiger partial charge in [-0.3, -0.25) is 9.59 Å². The third-order valence-corrected chi connectivity index (χ3v) is 3.61. The van der Waals surface area contributed by atoms with E-state index in [-0.39, 0.29) is 12.8 Å². The van der Waals surface area contributed by atoms with Crippen LogP contribution >= 0.6 is 11.6 Å². The molecule has 5 nitrogen and oxygen atoms in total. The third kappa shape index (κ3) is 4.99. The van der Waals surface area contributed by atoms with Crippen molar-refractivity contribution in [3.05, 3.63) is 53.1 Å². The first-order chi connectivity index (χ1) is 11.5. The lowest BCUT2D eigenvalue weighted by molar-refractivity contribution is -0.140. The summed E-state index contributed by atoms with van der Waals surface area (Å²) in [7, 11) is 1.48. The summed E-state index contributed by atoms with van der Waals surface area (Å²) < 4.78 is 15.4. The fourth-order valence-corrected chi connectivity index (χ4v) is 2.06. The maximum absolute atomic E-state index is 11.8. The molecular formula is C18H17ClO5. The molecule has 0 saturated heterocycles. The number of benzene rings is 2. The molecule has 0 atom stereocenters. The number of halogens is 1. The Morgan fingerprint density at radius 2 is 1.58 bits per heavy atom. The van der Waals surface area contributed by atoms with Gasteiger partial charge in [0.1, 0.15) is 5.75 Å². The molecule has 0 fully saturated rings. The SMILES string of the molecule is COc1ccccc1OC(=O)CCC(=O)Oc1ccc(Cl)c(C)c1. The number of methoxy groups -OCH3 is 1. The zero-order valence-corrected chi connectivity index (χ0v) is 14.1. The van der Waals surface area contributed by atoms with E-state index in [9.17, 15) is 9.59 Å². The normalized spacial score (nSPS) is 10.1. The third-order valence-electron chi connectivity index (χ3n) is 3.19. The van der Waals surface area contributed by atoms with E-state index in [1.54, 1.807) is 42.5 Å². The van der Waals surface area contributed by atoms with Crippen molar-refractivity contribution in [3.63, 3.8) is 0 Å². The fraction of sp³-hybridized carbons (Fsp3) is 0.222. The highest BCUT2D eigenvalue weighted by atomic mass is 35.5. The average Bonchev–Trinajstić information content (AvgIpc) is 2.57. The second kappa shape index (κ2) is 8.36. The quantitative estimate of drug-likeness (QED) is 0.584. The van der Waals surface area contributed by atoms with Crippen LogP contribution in [0, 0.1) is 6.92 Å². The number of hydrogen-bond donors (Lipinski definition) is 0. The summed E-state index contributed by atoms with van der Waals surface area (Å²) in [6.07, 6.45) is -0.181. The topological polar surface area (TPSA) is 61.8 Å². The molecule has 0 N–H and O–H groups in total. The standard InChI is InChI=1S/C18H17ClO5/c1-12-11-13(7-8-14(12)19)23-17(20)9-10-18(21)24-16-6-4-3-5-15(16)22-2/h3-8,11H,9-10H2,1-2H3. The van der Waals surface area contributed by atoms with Crippen LogP contribution in [0.15, 0.2) is 42.5 Å². The predicted molar refractivity (Wildman–Crippen MR) is 89.7 cm³/mol. The molecule has 0 unspecified atom stereocenters. The van der Waals surface area contributed by atoms with Crippen molar-refractivity contribution in [3.8, 4) is 17.2 Å². The van der Waals surface area contributed by atoms with Gasteiger partial charge in [-0.2, -0.15) is 0 Å². The van der Waals surface area contributed by atoms with Gasteiger partial charge in [0, 0.05) is 5.02 Å². The van der Waals surface area contributed by atoms with Crippen molar-refractivity contribution in [2.45, 2.75) is 19.8 Å². The smallest absolute Gasteiger partial charge is 0.311 e. The Balaban J connectivity index is 1.84. The van der Waals surface area contributed by atoms with Gasteiger partial charge >= 0.3 is 11.9 Å². The number of ether oxygens (including phenoxy) is 3. The molecule has 0 spiro atoms. The lowest BCUT2D eigenvalue weighted by Crippen LogP contribution is -2.14. The molecular weight excluding hydrogens is 332 g/mol. The summed E-state index contributed by atoms with van der Waals surface area (Å²) in [5, 5.41) is 0.593. The molecule has 0 heterocycles. The number of aryl methyl sites for hydroxylation is 1. The van der Waals surface area contributed by atoms with Crippen molar-refractivity contribution < 1.29 is 23.8 Å². The minimum absolute atomic E-state index is 0.0876. The van der Waals surface area contributed by atoms with Crippen LogP contribution in [0.1, 0.15) is 18.4 Å². The van der Waals surface area contributed by atoms with E-state index in [2.05, 4.69) is 0 Å². The first-order valence-electron chi connectivity index (χ1n) is 7.30. The van der Waals surface area contributed by atoms with E-state index in [0.29, 0.717) is 22.3 Å². The Hall–Kier alpha value is -2.53. The minimum atomic E-state index is -0.538. The van der Waals surface area contributed by atoms with Crippen molar-refractivity contribution >= 4 is 23.5 Å². The van der Waals surface area contributed by atoms with Crippen LogP contribution in [0.3, 0.4) is 0 Å². The first kappa shape index (κ1) is 17.8. The van der Waals surface area contributed by atoms with E-state index >= 15 is 0 Å².